The topological polar surface area (TPSA) is 101 Å². The third-order valence-electron chi connectivity index (χ3n) is 5.16. The van der Waals surface area contributed by atoms with Crippen LogP contribution in [0.5, 0.6) is 0 Å². The molecule has 0 saturated heterocycles. The lowest BCUT2D eigenvalue weighted by molar-refractivity contribution is -0.139. The predicted octanol–water partition coefficient (Wildman–Crippen LogP) is 5.05. The predicted molar refractivity (Wildman–Crippen MR) is 122 cm³/mol. The van der Waals surface area contributed by atoms with Crippen LogP contribution in [0.25, 0.3) is 0 Å². The van der Waals surface area contributed by atoms with Gasteiger partial charge in [0.15, 0.2) is 0 Å². The van der Waals surface area contributed by atoms with Crippen molar-refractivity contribution in [2.45, 2.75) is 38.4 Å². The highest BCUT2D eigenvalue weighted by atomic mass is 35.5. The second-order valence-electron chi connectivity index (χ2n) is 7.73. The number of nitrogens with zero attached hydrogens (tertiary/aromatic N) is 1. The van der Waals surface area contributed by atoms with Crippen molar-refractivity contribution >= 4 is 41.0 Å². The number of hydrogen-bond donors (Lipinski definition) is 2. The van der Waals surface area contributed by atoms with Crippen molar-refractivity contribution in [3.8, 4) is 0 Å². The van der Waals surface area contributed by atoms with Gasteiger partial charge in [-0.25, -0.2) is 0 Å². The maximum atomic E-state index is 13.2. The van der Waals surface area contributed by atoms with Crippen molar-refractivity contribution in [1.29, 1.82) is 0 Å². The molecule has 0 aliphatic carbocycles. The van der Waals surface area contributed by atoms with Crippen LogP contribution >= 0.6 is 23.2 Å². The first-order chi connectivity index (χ1) is 15.8. The fourth-order valence-corrected chi connectivity index (χ4v) is 3.77. The number of benzene rings is 2. The third-order valence-corrected chi connectivity index (χ3v) is 5.72. The van der Waals surface area contributed by atoms with Crippen LogP contribution < -0.4 is 5.73 Å². The van der Waals surface area contributed by atoms with E-state index in [0.717, 1.165) is 17.0 Å². The zero-order valence-corrected chi connectivity index (χ0v) is 19.6. The quantitative estimate of drug-likeness (QED) is 0.483. The fourth-order valence-electron chi connectivity index (χ4n) is 3.40. The Balaban J connectivity index is 2.36. The standard InChI is InChI=1S/C23H23Cl2F3N2O4/c1-2-20(31)30(21(32)17-11-16(24)7-8-18(17)25)12-14(10-19(29)22(33)34)9-13-3-5-15(6-4-13)23(26,27)28/h3-8,11,14,19H,2,9-10,12,29H2,1H3,(H,33,34)/t14?,19-/m1/s1. The molecule has 0 saturated carbocycles. The molecule has 6 nitrogen and oxygen atoms in total. The second-order valence-corrected chi connectivity index (χ2v) is 8.58. The van der Waals surface area contributed by atoms with E-state index in [1.807, 2.05) is 0 Å². The molecular weight excluding hydrogens is 496 g/mol. The van der Waals surface area contributed by atoms with E-state index in [-0.39, 0.29) is 41.4 Å². The second kappa shape index (κ2) is 11.7. The SMILES string of the molecule is CCC(=O)N(CC(Cc1ccc(C(F)(F)F)cc1)C[C@@H](N)C(=O)O)C(=O)c1cc(Cl)ccc1Cl. The van der Waals surface area contributed by atoms with Crippen molar-refractivity contribution < 1.29 is 32.7 Å². The lowest BCUT2D eigenvalue weighted by Crippen LogP contribution is -2.43. The molecule has 34 heavy (non-hydrogen) atoms. The average Bonchev–Trinajstić information content (AvgIpc) is 2.77. The van der Waals surface area contributed by atoms with E-state index >= 15 is 0 Å². The van der Waals surface area contributed by atoms with E-state index in [0.29, 0.717) is 5.56 Å². The largest absolute Gasteiger partial charge is 0.480 e. The van der Waals surface area contributed by atoms with E-state index in [9.17, 15) is 32.7 Å². The molecule has 0 spiro atoms. The Morgan fingerprint density at radius 3 is 2.24 bits per heavy atom. The molecule has 3 N–H and O–H groups in total. The first-order valence-corrected chi connectivity index (χ1v) is 11.0. The van der Waals surface area contributed by atoms with Gasteiger partial charge in [0.25, 0.3) is 5.91 Å². The number of amides is 2. The molecular formula is C23H23Cl2F3N2O4. The minimum atomic E-state index is -4.50. The van der Waals surface area contributed by atoms with E-state index in [4.69, 9.17) is 28.9 Å². The van der Waals surface area contributed by atoms with Crippen LogP contribution in [0.1, 0.15) is 41.3 Å². The Labute approximate surface area is 204 Å². The maximum absolute atomic E-state index is 13.2. The Kier molecular flexibility index (Phi) is 9.49. The first-order valence-electron chi connectivity index (χ1n) is 10.3. The van der Waals surface area contributed by atoms with Crippen LogP contribution in [0.2, 0.25) is 10.0 Å². The summed E-state index contributed by atoms with van der Waals surface area (Å²) >= 11 is 12.1. The monoisotopic (exact) mass is 518 g/mol. The van der Waals surface area contributed by atoms with Gasteiger partial charge in [-0.15, -0.1) is 0 Å². The van der Waals surface area contributed by atoms with Gasteiger partial charge >= 0.3 is 12.1 Å². The van der Waals surface area contributed by atoms with Gasteiger partial charge in [-0.05, 0) is 54.7 Å². The molecule has 2 aromatic rings. The number of aliphatic carboxylic acids is 1. The summed E-state index contributed by atoms with van der Waals surface area (Å²) in [5, 5.41) is 9.54. The molecule has 0 aromatic heterocycles. The highest BCUT2D eigenvalue weighted by Gasteiger charge is 2.31. The number of hydrogen-bond acceptors (Lipinski definition) is 4. The summed E-state index contributed by atoms with van der Waals surface area (Å²) in [5.74, 6) is -3.20. The number of rotatable bonds is 9. The molecule has 184 valence electrons. The molecule has 0 aliphatic rings. The summed E-state index contributed by atoms with van der Waals surface area (Å²) in [6.45, 7) is 1.34. The van der Waals surface area contributed by atoms with Crippen LogP contribution in [0.4, 0.5) is 13.2 Å². The summed E-state index contributed by atoms with van der Waals surface area (Å²) in [6, 6.07) is 7.26. The number of imide groups is 1. The highest BCUT2D eigenvalue weighted by molar-refractivity contribution is 6.36. The lowest BCUT2D eigenvalue weighted by Gasteiger charge is -2.27. The van der Waals surface area contributed by atoms with Crippen LogP contribution in [-0.4, -0.2) is 40.4 Å². The number of alkyl halides is 3. The molecule has 0 fully saturated rings. The van der Waals surface area contributed by atoms with Crippen molar-refractivity contribution in [3.63, 3.8) is 0 Å². The van der Waals surface area contributed by atoms with Gasteiger partial charge in [0.2, 0.25) is 5.91 Å². The van der Waals surface area contributed by atoms with E-state index in [1.54, 1.807) is 6.92 Å². The average molecular weight is 519 g/mol. The molecule has 0 radical (unpaired) electrons. The van der Waals surface area contributed by atoms with Crippen LogP contribution in [0, 0.1) is 5.92 Å². The zero-order chi connectivity index (χ0) is 25.6. The van der Waals surface area contributed by atoms with Gasteiger partial charge < -0.3 is 10.8 Å². The molecule has 1 unspecified atom stereocenters. The molecule has 2 rings (SSSR count). The number of carboxylic acids is 1. The number of nitrogens with two attached hydrogens (primary N) is 1. The number of halogens is 5. The lowest BCUT2D eigenvalue weighted by atomic mass is 9.91. The third kappa shape index (κ3) is 7.44. The Hall–Kier alpha value is -2.62. The van der Waals surface area contributed by atoms with E-state index < -0.39 is 41.5 Å². The van der Waals surface area contributed by atoms with Crippen molar-refractivity contribution in [3.05, 3.63) is 69.2 Å². The summed E-state index contributed by atoms with van der Waals surface area (Å²) in [6.07, 6.45) is -4.57. The summed E-state index contributed by atoms with van der Waals surface area (Å²) in [5.41, 5.74) is 5.32. The molecule has 2 aromatic carbocycles. The summed E-state index contributed by atoms with van der Waals surface area (Å²) < 4.78 is 38.6. The highest BCUT2D eigenvalue weighted by Crippen LogP contribution is 2.30. The van der Waals surface area contributed by atoms with Gasteiger partial charge in [-0.2, -0.15) is 13.2 Å². The van der Waals surface area contributed by atoms with Crippen molar-refractivity contribution in [1.82, 2.24) is 4.90 Å². The Morgan fingerprint density at radius 2 is 1.71 bits per heavy atom. The Bertz CT molecular complexity index is 1050. The van der Waals surface area contributed by atoms with E-state index in [1.165, 1.54) is 30.3 Å². The van der Waals surface area contributed by atoms with Gasteiger partial charge in [0.1, 0.15) is 6.04 Å². The minimum absolute atomic E-state index is 0.00761. The molecule has 0 aliphatic heterocycles. The molecule has 2 atom stereocenters. The van der Waals surface area contributed by atoms with Crippen LogP contribution in [-0.2, 0) is 22.2 Å². The van der Waals surface area contributed by atoms with Gasteiger partial charge in [-0.1, -0.05) is 42.3 Å². The zero-order valence-electron chi connectivity index (χ0n) is 18.1. The normalized spacial score (nSPS) is 13.3. The molecule has 2 amide bonds. The molecule has 11 heteroatoms. The smallest absolute Gasteiger partial charge is 0.416 e. The van der Waals surface area contributed by atoms with Gasteiger partial charge in [0, 0.05) is 18.0 Å². The molecule has 0 bridgehead atoms. The number of carbonyl (C=O) groups excluding carboxylic acids is 2. The van der Waals surface area contributed by atoms with Gasteiger partial charge in [-0.3, -0.25) is 19.3 Å². The number of carbonyl (C=O) groups is 3. The minimum Gasteiger partial charge on any atom is -0.480 e. The van der Waals surface area contributed by atoms with Gasteiger partial charge in [0.05, 0.1) is 16.1 Å². The number of carboxylic acid groups (broad SMARTS) is 1. The van der Waals surface area contributed by atoms with Crippen molar-refractivity contribution in [2.75, 3.05) is 6.54 Å². The van der Waals surface area contributed by atoms with E-state index in [2.05, 4.69) is 0 Å². The van der Waals surface area contributed by atoms with Crippen molar-refractivity contribution in [2.24, 2.45) is 11.7 Å². The van der Waals surface area contributed by atoms with Crippen LogP contribution in [0.3, 0.4) is 0 Å². The summed E-state index contributed by atoms with van der Waals surface area (Å²) in [4.78, 5) is 38.1. The summed E-state index contributed by atoms with van der Waals surface area (Å²) in [7, 11) is 0. The Morgan fingerprint density at radius 1 is 1.09 bits per heavy atom. The fraction of sp³-hybridized carbons (Fsp3) is 0.348. The first kappa shape index (κ1) is 27.6. The maximum Gasteiger partial charge on any atom is 0.416 e. The van der Waals surface area contributed by atoms with Crippen LogP contribution in [0.15, 0.2) is 42.5 Å². The molecule has 0 heterocycles.